The molecule has 6 heteroatoms. The molecule has 0 heterocycles. The molecule has 0 aliphatic rings. The van der Waals surface area contributed by atoms with Crippen molar-refractivity contribution in [2.75, 3.05) is 0 Å². The second kappa shape index (κ2) is 125. The summed E-state index contributed by atoms with van der Waals surface area (Å²) in [5.41, 5.74) is 0. The number of hydrogen-bond donors (Lipinski definition) is 1. The Labute approximate surface area is 61.3 Å². The topological polar surface area (TPSA) is 37.3 Å². The van der Waals surface area contributed by atoms with E-state index in [2.05, 4.69) is 0 Å². The third kappa shape index (κ3) is 67.7. The molecule has 0 aromatic rings. The Bertz CT molecular complexity index is 11.5. The van der Waals surface area contributed by atoms with Gasteiger partial charge in [-0.15, -0.1) is 24.8 Å². The SMILES string of the molecule is Cl.Cl.O[SiH3].[O]=[V]. The quantitative estimate of drug-likeness (QED) is 0.494. The van der Waals surface area contributed by atoms with Crippen LogP contribution >= 0.6 is 24.8 Å². The number of rotatable bonds is 0. The Morgan fingerprint density at radius 3 is 1.17 bits per heavy atom. The van der Waals surface area contributed by atoms with E-state index in [0.717, 1.165) is 17.4 Å². The van der Waals surface area contributed by atoms with Gasteiger partial charge in [-0.25, -0.2) is 0 Å². The van der Waals surface area contributed by atoms with Crippen molar-refractivity contribution in [2.24, 2.45) is 0 Å². The van der Waals surface area contributed by atoms with Crippen molar-refractivity contribution in [1.82, 2.24) is 0 Å². The molecular weight excluding hydrogens is 182 g/mol. The fourth-order valence-electron chi connectivity index (χ4n) is 0. The summed E-state index contributed by atoms with van der Waals surface area (Å²) in [6, 6.07) is 0. The zero-order valence-corrected chi connectivity index (χ0v) is 8.15. The fraction of sp³-hybridized carbons (Fsp3) is 0. The van der Waals surface area contributed by atoms with Crippen LogP contribution in [0.1, 0.15) is 0 Å². The van der Waals surface area contributed by atoms with Crippen LogP contribution in [0.15, 0.2) is 0 Å². The first-order valence-electron chi connectivity index (χ1n) is 0.630. The molecule has 0 spiro atoms. The van der Waals surface area contributed by atoms with Crippen LogP contribution in [0.25, 0.3) is 0 Å². The maximum atomic E-state index is 8.19. The maximum absolute atomic E-state index is 8.19. The van der Waals surface area contributed by atoms with Gasteiger partial charge in [0, 0.05) is 0 Å². The first-order chi connectivity index (χ1) is 2.00. The van der Waals surface area contributed by atoms with E-state index in [0.29, 0.717) is 10.5 Å². The van der Waals surface area contributed by atoms with E-state index in [1.165, 1.54) is 0 Å². The minimum absolute atomic E-state index is 0. The molecule has 0 unspecified atom stereocenters. The summed E-state index contributed by atoms with van der Waals surface area (Å²) in [4.78, 5) is 7.14. The Hall–Kier alpha value is 1.14. The minimum atomic E-state index is 0. The predicted molar refractivity (Wildman–Crippen MR) is 27.3 cm³/mol. The van der Waals surface area contributed by atoms with Gasteiger partial charge in [-0.05, 0) is 0 Å². The van der Waals surface area contributed by atoms with Gasteiger partial charge in [0.1, 0.15) is 10.5 Å². The molecule has 1 N–H and O–H groups in total. The van der Waals surface area contributed by atoms with E-state index >= 15 is 0 Å². The van der Waals surface area contributed by atoms with Crippen LogP contribution < -0.4 is 0 Å². The van der Waals surface area contributed by atoms with Gasteiger partial charge >= 0.3 is 21.0 Å². The molecule has 0 aliphatic heterocycles. The molecule has 0 fully saturated rings. The molecule has 0 amide bonds. The van der Waals surface area contributed by atoms with Gasteiger partial charge in [0.25, 0.3) is 0 Å². The summed E-state index contributed by atoms with van der Waals surface area (Å²) in [5.74, 6) is 0. The van der Waals surface area contributed by atoms with Gasteiger partial charge in [-0.2, -0.15) is 0 Å². The van der Waals surface area contributed by atoms with E-state index < -0.39 is 0 Å². The average molecular weight is 188 g/mol. The molecule has 6 heavy (non-hydrogen) atoms. The molecule has 0 radical (unpaired) electrons. The van der Waals surface area contributed by atoms with Gasteiger partial charge in [0.05, 0.1) is 0 Å². The van der Waals surface area contributed by atoms with Gasteiger partial charge in [-0.1, -0.05) is 0 Å². The molecule has 0 aliphatic carbocycles. The van der Waals surface area contributed by atoms with Crippen LogP contribution in [0, 0.1) is 0 Å². The van der Waals surface area contributed by atoms with Crippen LogP contribution in [0.5, 0.6) is 0 Å². The van der Waals surface area contributed by atoms with Crippen LogP contribution in [-0.2, 0) is 21.0 Å². The van der Waals surface area contributed by atoms with Crippen molar-refractivity contribution in [3.05, 3.63) is 0 Å². The van der Waals surface area contributed by atoms with Crippen molar-refractivity contribution >= 4 is 35.3 Å². The van der Waals surface area contributed by atoms with E-state index in [1.54, 1.807) is 0 Å². The number of hydrogen-bond acceptors (Lipinski definition) is 2. The first kappa shape index (κ1) is 27.3. The summed E-state index contributed by atoms with van der Waals surface area (Å²) >= 11 is 1.06. The summed E-state index contributed by atoms with van der Waals surface area (Å²) in [7, 11) is 0.306. The molecule has 0 rings (SSSR count). The first-order valence-corrected chi connectivity index (χ1v) is 2.09. The molecule has 2 nitrogen and oxygen atoms in total. The van der Waals surface area contributed by atoms with Crippen molar-refractivity contribution in [3.8, 4) is 0 Å². The fourth-order valence-corrected chi connectivity index (χ4v) is 0. The average Bonchev–Trinajstić information content (AvgIpc) is 1.50. The Kier molecular flexibility index (Phi) is 567. The van der Waals surface area contributed by atoms with Crippen molar-refractivity contribution in [2.45, 2.75) is 0 Å². The Morgan fingerprint density at radius 2 is 1.17 bits per heavy atom. The Morgan fingerprint density at radius 1 is 1.17 bits per heavy atom. The summed E-state index contributed by atoms with van der Waals surface area (Å²) in [5, 5.41) is 0. The van der Waals surface area contributed by atoms with Gasteiger partial charge in [0.2, 0.25) is 0 Å². The van der Waals surface area contributed by atoms with Crippen LogP contribution in [0.2, 0.25) is 0 Å². The van der Waals surface area contributed by atoms with Gasteiger partial charge < -0.3 is 4.80 Å². The predicted octanol–water partition coefficient (Wildman–Crippen LogP) is -1.02. The second-order valence-electron chi connectivity index (χ2n) is 0. The third-order valence-electron chi connectivity index (χ3n) is 0. The summed E-state index contributed by atoms with van der Waals surface area (Å²) in [6.07, 6.45) is 0. The van der Waals surface area contributed by atoms with Crippen LogP contribution in [0.3, 0.4) is 0 Å². The van der Waals surface area contributed by atoms with Crippen molar-refractivity contribution < 1.29 is 25.8 Å². The second-order valence-corrected chi connectivity index (χ2v) is 0. The summed E-state index contributed by atoms with van der Waals surface area (Å²) < 4.78 is 8.19. The van der Waals surface area contributed by atoms with Crippen LogP contribution in [-0.4, -0.2) is 15.3 Å². The molecule has 41 valence electrons. The van der Waals surface area contributed by atoms with E-state index in [-0.39, 0.29) is 24.8 Å². The molecule has 0 atom stereocenters. The molecule has 0 aromatic heterocycles. The summed E-state index contributed by atoms with van der Waals surface area (Å²) in [6.45, 7) is 0. The molecule has 0 saturated heterocycles. The molecule has 0 aromatic carbocycles. The van der Waals surface area contributed by atoms with E-state index in [1.807, 2.05) is 0 Å². The van der Waals surface area contributed by atoms with Crippen molar-refractivity contribution in [1.29, 1.82) is 0 Å². The van der Waals surface area contributed by atoms with E-state index in [4.69, 9.17) is 8.47 Å². The molecule has 0 bridgehead atoms. The van der Waals surface area contributed by atoms with Gasteiger partial charge in [-0.3, -0.25) is 0 Å². The molecule has 0 saturated carbocycles. The zero-order chi connectivity index (χ0) is 4.00. The monoisotopic (exact) mass is 187 g/mol. The zero-order valence-electron chi connectivity index (χ0n) is 3.12. The van der Waals surface area contributed by atoms with Gasteiger partial charge in [0.15, 0.2) is 0 Å². The Balaban J connectivity index is -0.00000000500. The number of halogens is 2. The van der Waals surface area contributed by atoms with E-state index in [9.17, 15) is 0 Å². The van der Waals surface area contributed by atoms with Crippen molar-refractivity contribution in [3.63, 3.8) is 0 Å². The standard InChI is InChI=1S/2ClH.H4OSi.O.V/c;;1-2;;/h2*1H;1H,2H3;;. The normalized spacial score (nSPS) is 2.00. The van der Waals surface area contributed by atoms with Crippen LogP contribution in [0.4, 0.5) is 0 Å². The molecular formula is H6Cl2O2SiV. The third-order valence-corrected chi connectivity index (χ3v) is 0.